The van der Waals surface area contributed by atoms with E-state index in [4.69, 9.17) is 18.6 Å². The first-order valence-electron chi connectivity index (χ1n) is 8.82. The van der Waals surface area contributed by atoms with E-state index in [-0.39, 0.29) is 26.2 Å². The summed E-state index contributed by atoms with van der Waals surface area (Å²) in [5, 5.41) is -0.296. The maximum atomic E-state index is 10.5. The maximum Gasteiger partial charge on any atom is 0 e. The minimum absolute atomic E-state index is 0. The van der Waals surface area contributed by atoms with Crippen LogP contribution in [0.15, 0.2) is 30.3 Å². The van der Waals surface area contributed by atoms with Gasteiger partial charge < -0.3 is 21.9 Å². The van der Waals surface area contributed by atoms with E-state index in [0.717, 1.165) is 0 Å². The van der Waals surface area contributed by atoms with Gasteiger partial charge in [-0.1, -0.05) is 30.3 Å². The Hall–Kier alpha value is -0.852. The third-order valence-corrected chi connectivity index (χ3v) is 3.93. The first-order valence-corrected chi connectivity index (χ1v) is 11.9. The van der Waals surface area contributed by atoms with Crippen LogP contribution in [0, 0.1) is 26.6 Å². The maximum absolute atomic E-state index is 10.5. The van der Waals surface area contributed by atoms with Gasteiger partial charge in [0, 0.05) is 26.2 Å². The molecule has 0 unspecified atom stereocenters. The van der Waals surface area contributed by atoms with Gasteiger partial charge in [-0.2, -0.15) is 0 Å². The molecular weight excluding hydrogens is 605 g/mol. The number of carbonyl (C=O) groups is 1. The molecule has 0 spiro atoms. The molecule has 0 fully saturated rings. The molecule has 0 saturated carbocycles. The van der Waals surface area contributed by atoms with E-state index >= 15 is 0 Å². The number of quaternary nitrogens is 1. The zero-order valence-corrected chi connectivity index (χ0v) is 24.1. The van der Waals surface area contributed by atoms with Crippen molar-refractivity contribution in [3.63, 3.8) is 0 Å². The molecule has 0 N–H and O–H groups in total. The largest absolute Gasteiger partial charge is 0 e. The molecule has 1 aromatic rings. The molecule has 0 saturated heterocycles. The Morgan fingerprint density at radius 1 is 0.774 bits per heavy atom. The van der Waals surface area contributed by atoms with Crippen molar-refractivity contribution in [2.45, 2.75) is 27.7 Å². The van der Waals surface area contributed by atoms with Crippen molar-refractivity contribution >= 4 is 25.7 Å². The minimum Gasteiger partial charge on any atom is 0 e. The smallest absolute Gasteiger partial charge is 0 e. The second-order valence-electron chi connectivity index (χ2n) is 5.60. The zero-order valence-electron chi connectivity index (χ0n) is 19.5. The third kappa shape index (κ3) is 40.1. The topological polar surface area (TPSA) is 96.7 Å². The van der Waals surface area contributed by atoms with Crippen LogP contribution in [0.3, 0.4) is 0 Å². The van der Waals surface area contributed by atoms with Gasteiger partial charge in [0.25, 0.3) is 0 Å². The summed E-state index contributed by atoms with van der Waals surface area (Å²) in [5.41, 5.74) is 0.590. The van der Waals surface area contributed by atoms with E-state index in [1.54, 1.807) is 24.3 Å². The third-order valence-electron chi connectivity index (χ3n) is 3.69. The van der Waals surface area contributed by atoms with Gasteiger partial charge in [-0.25, -0.2) is 0 Å². The van der Waals surface area contributed by atoms with E-state index in [2.05, 4.69) is 86.9 Å². The van der Waals surface area contributed by atoms with E-state index in [1.165, 1.54) is 30.7 Å². The molecule has 174 valence electrons. The molecule has 1 rings (SSSR count). The molecule has 0 aromatic heterocycles. The summed E-state index contributed by atoms with van der Waals surface area (Å²) in [6.07, 6.45) is 0. The summed E-state index contributed by atoms with van der Waals surface area (Å²) in [6.45, 7) is 38.9. The molecule has 9 heteroatoms. The molecule has 0 aliphatic heterocycles. The molecule has 0 radical (unpaired) electrons. The van der Waals surface area contributed by atoms with Crippen molar-refractivity contribution in [3.05, 3.63) is 62.5 Å². The fourth-order valence-electron chi connectivity index (χ4n) is 1.92. The van der Waals surface area contributed by atoms with Crippen LogP contribution in [0.1, 0.15) is 38.1 Å². The summed E-state index contributed by atoms with van der Waals surface area (Å²) in [7, 11) is 0.380. The minimum atomic E-state index is -0.296. The summed E-state index contributed by atoms with van der Waals surface area (Å²) in [6, 6.07) is 8.84. The van der Waals surface area contributed by atoms with E-state index in [0.29, 0.717) is 13.5 Å². The predicted molar refractivity (Wildman–Crippen MR) is 121 cm³/mol. The van der Waals surface area contributed by atoms with Crippen LogP contribution in [0.4, 0.5) is 0 Å². The van der Waals surface area contributed by atoms with E-state index in [9.17, 15) is 4.79 Å². The van der Waals surface area contributed by atoms with E-state index < -0.39 is 0 Å². The Bertz CT molecular complexity index is 501. The summed E-state index contributed by atoms with van der Waals surface area (Å²) < 4.78 is 31.3. The SMILES string of the molecule is CC[N+](CC)(CC)CC.CP(C)C.O=C([S-])c1ccccc1.[C-]#[O+].[C-]#[O+].[C-]#[O+].[C-]#[O+].[W]. The van der Waals surface area contributed by atoms with Crippen molar-refractivity contribution in [3.8, 4) is 0 Å². The Labute approximate surface area is 210 Å². The van der Waals surface area contributed by atoms with Crippen molar-refractivity contribution in [2.75, 3.05) is 46.2 Å². The molecule has 0 bridgehead atoms. The Balaban J connectivity index is -0.0000000490. The molecule has 31 heavy (non-hydrogen) atoms. The summed E-state index contributed by atoms with van der Waals surface area (Å²) in [5.74, 6) is 0. The van der Waals surface area contributed by atoms with Crippen molar-refractivity contribution < 1.29 is 49.0 Å². The van der Waals surface area contributed by atoms with Crippen LogP contribution < -0.4 is 0 Å². The average Bonchev–Trinajstić information content (AvgIpc) is 2.82. The normalized spacial score (nSPS) is 7.48. The fraction of sp³-hybridized carbons (Fsp3) is 0.500. The Kier molecular flexibility index (Phi) is 66.5. The molecule has 0 aliphatic rings. The standard InChI is InChI=1S/C8H20N.C7H6OS.C3H9P.4CO.W/c1-5-9(6-2,7-3)8-4;8-7(9)6-4-2-1-3-5-6;1-4(2)3;4*1-2;/h5-8H2,1-4H3;1-5H,(H,8,9);1-3H3;;;;;/q+1;;;;;;;/p-1. The van der Waals surface area contributed by atoms with Crippen LogP contribution in [0.5, 0.6) is 0 Å². The predicted octanol–water partition coefficient (Wildman–Crippen LogP) is 4.46. The number of nitrogens with zero attached hydrogens (tertiary/aromatic N) is 1. The van der Waals surface area contributed by atoms with Gasteiger partial charge in [-0.3, -0.25) is 0 Å². The van der Waals surface area contributed by atoms with Crippen LogP contribution >= 0.6 is 7.92 Å². The number of hydrogen-bond acceptors (Lipinski definition) is 2. The Morgan fingerprint density at radius 3 is 1.10 bits per heavy atom. The zero-order chi connectivity index (χ0) is 25.6. The monoisotopic (exact) mass is 639 g/mol. The van der Waals surface area contributed by atoms with Gasteiger partial charge in [0.15, 0.2) is 0 Å². The average molecular weight is 639 g/mol. The van der Waals surface area contributed by atoms with Gasteiger partial charge in [-0.05, 0) is 53.3 Å². The molecule has 0 heterocycles. The van der Waals surface area contributed by atoms with Crippen LogP contribution in [-0.4, -0.2) is 55.8 Å². The number of benzene rings is 1. The molecule has 0 amide bonds. The van der Waals surface area contributed by atoms with Crippen LogP contribution in [0.2, 0.25) is 0 Å². The quantitative estimate of drug-likeness (QED) is 0.156. The fourth-order valence-corrected chi connectivity index (χ4v) is 2.05. The van der Waals surface area contributed by atoms with Crippen LogP contribution in [-0.2, 0) is 52.3 Å². The second kappa shape index (κ2) is 43.1. The van der Waals surface area contributed by atoms with Crippen molar-refractivity contribution in [1.82, 2.24) is 0 Å². The number of hydrogen-bond donors (Lipinski definition) is 0. The summed E-state index contributed by atoms with van der Waals surface area (Å²) in [4.78, 5) is 10.5. The molecule has 6 nitrogen and oxygen atoms in total. The molecule has 0 aliphatic carbocycles. The van der Waals surface area contributed by atoms with E-state index in [1.807, 2.05) is 6.07 Å². The number of rotatable bonds is 5. The second-order valence-corrected chi connectivity index (χ2v) is 8.66. The van der Waals surface area contributed by atoms with Crippen LogP contribution in [0.25, 0.3) is 0 Å². The first kappa shape index (κ1) is 47.8. The van der Waals surface area contributed by atoms with Gasteiger partial charge >= 0.3 is 45.2 Å². The van der Waals surface area contributed by atoms with Gasteiger partial charge in [-0.15, -0.1) is 7.92 Å². The molecule has 0 atom stereocenters. The molecular formula is C22H34NO5PSW. The Morgan fingerprint density at radius 2 is 1.00 bits per heavy atom. The first-order chi connectivity index (χ1) is 14.3. The number of carbonyl (C=O) groups excluding carboxylic acids is 1. The summed E-state index contributed by atoms with van der Waals surface area (Å²) >= 11 is 4.41. The van der Waals surface area contributed by atoms with Crippen molar-refractivity contribution in [2.24, 2.45) is 0 Å². The van der Waals surface area contributed by atoms with Gasteiger partial charge in [0.2, 0.25) is 0 Å². The van der Waals surface area contributed by atoms with Gasteiger partial charge in [0.1, 0.15) is 0 Å². The van der Waals surface area contributed by atoms with Gasteiger partial charge in [0.05, 0.1) is 26.2 Å². The van der Waals surface area contributed by atoms with Crippen molar-refractivity contribution in [1.29, 1.82) is 0 Å². The molecule has 1 aromatic carbocycles.